The Balaban J connectivity index is 1.11. The van der Waals surface area contributed by atoms with E-state index >= 15 is 0 Å². The molecule has 64 heavy (non-hydrogen) atoms. The number of hydrogen-bond acceptors (Lipinski definition) is 4. The Morgan fingerprint density at radius 1 is 0.297 bits per heavy atom. The molecule has 0 bridgehead atoms. The molecule has 0 N–H and O–H groups in total. The van der Waals surface area contributed by atoms with Crippen LogP contribution in [0.15, 0.2) is 211 Å². The molecule has 0 saturated heterocycles. The third-order valence-electron chi connectivity index (χ3n) is 13.1. The van der Waals surface area contributed by atoms with Gasteiger partial charge in [-0.1, -0.05) is 152 Å². The van der Waals surface area contributed by atoms with Crippen molar-refractivity contribution < 1.29 is 4.42 Å². The van der Waals surface area contributed by atoms with Crippen molar-refractivity contribution in [3.8, 4) is 39.9 Å². The maximum Gasteiger partial charge on any atom is 0.164 e. The van der Waals surface area contributed by atoms with Crippen LogP contribution in [0.25, 0.3) is 137 Å². The molecule has 5 nitrogen and oxygen atoms in total. The smallest absolute Gasteiger partial charge is 0.164 e. The number of furan rings is 1. The summed E-state index contributed by atoms with van der Waals surface area (Å²) in [6, 6.07) is 73.5. The third kappa shape index (κ3) is 5.34. The molecule has 0 spiro atoms. The van der Waals surface area contributed by atoms with Crippen molar-refractivity contribution in [2.75, 3.05) is 0 Å². The van der Waals surface area contributed by atoms with Gasteiger partial charge in [0.1, 0.15) is 11.2 Å². The van der Waals surface area contributed by atoms with E-state index in [-0.39, 0.29) is 0 Å². The number of nitrogens with zero attached hydrogens (tertiary/aromatic N) is 4. The Hall–Kier alpha value is -8.67. The van der Waals surface area contributed by atoms with Gasteiger partial charge in [0.05, 0.1) is 22.1 Å². The van der Waals surface area contributed by atoms with Gasteiger partial charge in [0.15, 0.2) is 17.5 Å². The van der Waals surface area contributed by atoms with Gasteiger partial charge >= 0.3 is 0 Å². The van der Waals surface area contributed by atoms with E-state index in [1.165, 1.54) is 32.3 Å². The summed E-state index contributed by atoms with van der Waals surface area (Å²) in [5.74, 6) is 1.77. The molecule has 0 fully saturated rings. The van der Waals surface area contributed by atoms with Gasteiger partial charge in [-0.05, 0) is 108 Å². The highest BCUT2D eigenvalue weighted by Crippen LogP contribution is 2.44. The van der Waals surface area contributed by atoms with Crippen molar-refractivity contribution in [1.82, 2.24) is 19.5 Å². The Morgan fingerprint density at radius 2 is 0.781 bits per heavy atom. The average molecular weight is 815 g/mol. The summed E-state index contributed by atoms with van der Waals surface area (Å²) in [4.78, 5) is 15.9. The summed E-state index contributed by atoms with van der Waals surface area (Å²) in [6.45, 7) is 0. The largest absolute Gasteiger partial charge is 0.456 e. The molecule has 14 rings (SSSR count). The fourth-order valence-corrected chi connectivity index (χ4v) is 10.0. The standard InChI is InChI=1S/C59H34N4O/c1-3-14-38-27-44(23-21-35(38)11-1)57-60-58(45-24-22-36-12-2-4-15-39(36)28-45)62-59(61-57)46-32-52(56-49-30-41-17-6-8-19-43(41)33-53(49)64-54(56)34-46)63-50-26-25-37-13-9-10-20-47(37)55(50)48-29-40-16-5-7-18-42(40)31-51(48)63/h1-34H. The molecule has 296 valence electrons. The summed E-state index contributed by atoms with van der Waals surface area (Å²) >= 11 is 0. The van der Waals surface area contributed by atoms with Crippen LogP contribution in [-0.4, -0.2) is 19.5 Å². The fourth-order valence-electron chi connectivity index (χ4n) is 10.0. The molecule has 3 heterocycles. The Morgan fingerprint density at radius 3 is 1.41 bits per heavy atom. The average Bonchev–Trinajstić information content (AvgIpc) is 3.88. The van der Waals surface area contributed by atoms with Crippen molar-refractivity contribution in [1.29, 1.82) is 0 Å². The van der Waals surface area contributed by atoms with Crippen LogP contribution in [-0.2, 0) is 0 Å². The summed E-state index contributed by atoms with van der Waals surface area (Å²) in [7, 11) is 0. The highest BCUT2D eigenvalue weighted by molar-refractivity contribution is 6.24. The molecule has 0 aliphatic carbocycles. The van der Waals surface area contributed by atoms with Gasteiger partial charge < -0.3 is 8.98 Å². The minimum Gasteiger partial charge on any atom is -0.456 e. The lowest BCUT2D eigenvalue weighted by Crippen LogP contribution is -2.02. The summed E-state index contributed by atoms with van der Waals surface area (Å²) in [5, 5.41) is 16.1. The molecule has 11 aromatic carbocycles. The van der Waals surface area contributed by atoms with Crippen molar-refractivity contribution in [3.63, 3.8) is 0 Å². The van der Waals surface area contributed by atoms with E-state index in [1.54, 1.807) is 0 Å². The lowest BCUT2D eigenvalue weighted by Gasteiger charge is -2.14. The number of rotatable bonds is 4. The van der Waals surface area contributed by atoms with Crippen LogP contribution in [0.4, 0.5) is 0 Å². The molecule has 0 unspecified atom stereocenters. The highest BCUT2D eigenvalue weighted by atomic mass is 16.3. The minimum absolute atomic E-state index is 0.562. The van der Waals surface area contributed by atoms with Gasteiger partial charge in [-0.15, -0.1) is 0 Å². The first-order valence-corrected chi connectivity index (χ1v) is 21.7. The van der Waals surface area contributed by atoms with E-state index in [0.717, 1.165) is 87.7 Å². The number of benzene rings is 11. The van der Waals surface area contributed by atoms with E-state index in [9.17, 15) is 0 Å². The van der Waals surface area contributed by atoms with Crippen molar-refractivity contribution in [2.45, 2.75) is 0 Å². The van der Waals surface area contributed by atoms with Crippen LogP contribution in [0.3, 0.4) is 0 Å². The summed E-state index contributed by atoms with van der Waals surface area (Å²) in [5.41, 5.74) is 7.47. The zero-order valence-corrected chi connectivity index (χ0v) is 34.3. The maximum atomic E-state index is 6.97. The van der Waals surface area contributed by atoms with Gasteiger partial charge in [-0.25, -0.2) is 15.0 Å². The predicted octanol–water partition coefficient (Wildman–Crippen LogP) is 15.6. The van der Waals surface area contributed by atoms with E-state index in [4.69, 9.17) is 19.4 Å². The molecule has 0 saturated carbocycles. The van der Waals surface area contributed by atoms with Gasteiger partial charge in [-0.3, -0.25) is 0 Å². The number of aromatic nitrogens is 4. The lowest BCUT2D eigenvalue weighted by molar-refractivity contribution is 0.669. The quantitative estimate of drug-likeness (QED) is 0.178. The van der Waals surface area contributed by atoms with Crippen molar-refractivity contribution in [3.05, 3.63) is 206 Å². The molecule has 0 aliphatic heterocycles. The minimum atomic E-state index is 0.562. The van der Waals surface area contributed by atoms with Crippen molar-refractivity contribution in [2.24, 2.45) is 0 Å². The van der Waals surface area contributed by atoms with Gasteiger partial charge in [0.25, 0.3) is 0 Å². The van der Waals surface area contributed by atoms with E-state index < -0.39 is 0 Å². The molecule has 0 aliphatic rings. The van der Waals surface area contributed by atoms with Gasteiger partial charge in [0, 0.05) is 32.8 Å². The summed E-state index contributed by atoms with van der Waals surface area (Å²) < 4.78 is 9.41. The van der Waals surface area contributed by atoms with Crippen molar-refractivity contribution >= 4 is 97.6 Å². The molecular formula is C59H34N4O. The Bertz CT molecular complexity index is 4180. The van der Waals surface area contributed by atoms with Gasteiger partial charge in [0.2, 0.25) is 0 Å². The topological polar surface area (TPSA) is 56.7 Å². The van der Waals surface area contributed by atoms with Crippen LogP contribution < -0.4 is 0 Å². The maximum absolute atomic E-state index is 6.97. The number of hydrogen-bond donors (Lipinski definition) is 0. The number of fused-ring (bicyclic) bond motifs is 12. The second-order valence-electron chi connectivity index (χ2n) is 16.8. The molecule has 14 aromatic rings. The van der Waals surface area contributed by atoms with Crippen LogP contribution in [0.2, 0.25) is 0 Å². The molecule has 0 amide bonds. The highest BCUT2D eigenvalue weighted by Gasteiger charge is 2.23. The molecule has 5 heteroatoms. The zero-order chi connectivity index (χ0) is 41.9. The lowest BCUT2D eigenvalue weighted by atomic mass is 10.0. The first-order valence-electron chi connectivity index (χ1n) is 21.7. The van der Waals surface area contributed by atoms with Gasteiger partial charge in [-0.2, -0.15) is 0 Å². The Kier molecular flexibility index (Phi) is 7.33. The second-order valence-corrected chi connectivity index (χ2v) is 16.8. The zero-order valence-electron chi connectivity index (χ0n) is 34.3. The van der Waals surface area contributed by atoms with Crippen LogP contribution in [0.5, 0.6) is 0 Å². The Labute approximate surface area is 366 Å². The van der Waals surface area contributed by atoms with Crippen LogP contribution in [0.1, 0.15) is 0 Å². The molecule has 3 aromatic heterocycles. The first-order chi connectivity index (χ1) is 31.7. The SMILES string of the molecule is c1ccc2cc(-c3nc(-c4ccc5ccccc5c4)nc(-c4cc(-n5c6cc7ccccc7cc6c6c7ccccc7ccc65)c5c(c4)oc4cc6ccccc6cc45)n3)ccc2c1. The fraction of sp³-hybridized carbons (Fsp3) is 0. The third-order valence-corrected chi connectivity index (χ3v) is 13.1. The molecule has 0 atom stereocenters. The monoisotopic (exact) mass is 814 g/mol. The molecule has 0 radical (unpaired) electrons. The van der Waals surface area contributed by atoms with Crippen LogP contribution >= 0.6 is 0 Å². The van der Waals surface area contributed by atoms with E-state index in [1.807, 2.05) is 0 Å². The van der Waals surface area contributed by atoms with E-state index in [0.29, 0.717) is 17.5 Å². The molecular weight excluding hydrogens is 781 g/mol. The second kappa shape index (κ2) is 13.4. The normalized spacial score (nSPS) is 12.1. The summed E-state index contributed by atoms with van der Waals surface area (Å²) in [6.07, 6.45) is 0. The van der Waals surface area contributed by atoms with Crippen LogP contribution in [0, 0.1) is 0 Å². The predicted molar refractivity (Wildman–Crippen MR) is 265 cm³/mol. The first kappa shape index (κ1) is 35.0. The van der Waals surface area contributed by atoms with E-state index in [2.05, 4.69) is 211 Å².